The van der Waals surface area contributed by atoms with Crippen molar-refractivity contribution >= 4 is 27.3 Å². The van der Waals surface area contributed by atoms with Crippen LogP contribution >= 0.6 is 11.6 Å². The SMILES string of the molecule is COc1ccc(Cl)cc1S(=O)(=O)N1c2ccccc2C[C@@H]1C. The van der Waals surface area contributed by atoms with Gasteiger partial charge in [0.15, 0.2) is 0 Å². The van der Waals surface area contributed by atoms with Crippen molar-refractivity contribution in [2.75, 3.05) is 11.4 Å². The summed E-state index contributed by atoms with van der Waals surface area (Å²) in [6.07, 6.45) is 0.693. The highest BCUT2D eigenvalue weighted by Gasteiger charge is 2.37. The number of benzene rings is 2. The van der Waals surface area contributed by atoms with Gasteiger partial charge < -0.3 is 4.74 Å². The molecule has 116 valence electrons. The van der Waals surface area contributed by atoms with E-state index in [1.165, 1.54) is 17.5 Å². The van der Waals surface area contributed by atoms with Crippen LogP contribution in [-0.4, -0.2) is 21.6 Å². The van der Waals surface area contributed by atoms with Gasteiger partial charge in [-0.3, -0.25) is 4.31 Å². The summed E-state index contributed by atoms with van der Waals surface area (Å²) in [6.45, 7) is 1.90. The van der Waals surface area contributed by atoms with Gasteiger partial charge in [0.2, 0.25) is 0 Å². The van der Waals surface area contributed by atoms with Gasteiger partial charge in [0.25, 0.3) is 10.0 Å². The molecule has 2 aromatic carbocycles. The summed E-state index contributed by atoms with van der Waals surface area (Å²) in [4.78, 5) is 0.0889. The van der Waals surface area contributed by atoms with Crippen molar-refractivity contribution < 1.29 is 13.2 Å². The molecular formula is C16H16ClNO3S. The average molecular weight is 338 g/mol. The molecule has 1 aliphatic rings. The van der Waals surface area contributed by atoms with Gasteiger partial charge in [-0.05, 0) is 43.2 Å². The molecule has 0 radical (unpaired) electrons. The van der Waals surface area contributed by atoms with E-state index in [4.69, 9.17) is 16.3 Å². The number of fused-ring (bicyclic) bond motifs is 1. The highest BCUT2D eigenvalue weighted by atomic mass is 35.5. The van der Waals surface area contributed by atoms with Gasteiger partial charge in [0, 0.05) is 11.1 Å². The van der Waals surface area contributed by atoms with Gasteiger partial charge in [-0.1, -0.05) is 29.8 Å². The zero-order chi connectivity index (χ0) is 15.9. The number of anilines is 1. The Kier molecular flexibility index (Phi) is 3.78. The monoisotopic (exact) mass is 337 g/mol. The van der Waals surface area contributed by atoms with Gasteiger partial charge in [-0.2, -0.15) is 0 Å². The quantitative estimate of drug-likeness (QED) is 0.861. The van der Waals surface area contributed by atoms with E-state index in [-0.39, 0.29) is 10.9 Å². The van der Waals surface area contributed by atoms with Crippen molar-refractivity contribution in [3.8, 4) is 5.75 Å². The van der Waals surface area contributed by atoms with Crippen molar-refractivity contribution in [3.63, 3.8) is 0 Å². The molecule has 22 heavy (non-hydrogen) atoms. The zero-order valence-electron chi connectivity index (χ0n) is 12.3. The van der Waals surface area contributed by atoms with Crippen LogP contribution in [0.15, 0.2) is 47.4 Å². The molecule has 2 aromatic rings. The average Bonchev–Trinajstić information content (AvgIpc) is 2.83. The normalized spacial score (nSPS) is 17.4. The zero-order valence-corrected chi connectivity index (χ0v) is 13.9. The van der Waals surface area contributed by atoms with Crippen LogP contribution in [0, 0.1) is 0 Å². The van der Waals surface area contributed by atoms with Crippen LogP contribution < -0.4 is 9.04 Å². The van der Waals surface area contributed by atoms with Crippen LogP contribution in [0.25, 0.3) is 0 Å². The maximum absolute atomic E-state index is 13.1. The molecule has 4 nitrogen and oxygen atoms in total. The standard InChI is InChI=1S/C16H16ClNO3S/c1-11-9-12-5-3-4-6-14(12)18(11)22(19,20)16-10-13(17)7-8-15(16)21-2/h3-8,10-11H,9H2,1-2H3/t11-/m0/s1. The second-order valence-electron chi connectivity index (χ2n) is 5.28. The molecule has 0 bridgehead atoms. The van der Waals surface area contributed by atoms with Crippen LogP contribution in [0.5, 0.6) is 5.75 Å². The van der Waals surface area contributed by atoms with E-state index in [9.17, 15) is 8.42 Å². The highest BCUT2D eigenvalue weighted by molar-refractivity contribution is 7.93. The van der Waals surface area contributed by atoms with Crippen LogP contribution in [0.1, 0.15) is 12.5 Å². The van der Waals surface area contributed by atoms with E-state index in [0.717, 1.165) is 11.3 Å². The number of methoxy groups -OCH3 is 1. The van der Waals surface area contributed by atoms with E-state index in [1.54, 1.807) is 12.1 Å². The first-order valence-corrected chi connectivity index (χ1v) is 8.73. The van der Waals surface area contributed by atoms with Crippen LogP contribution in [0.2, 0.25) is 5.02 Å². The van der Waals surface area contributed by atoms with Crippen molar-refractivity contribution in [3.05, 3.63) is 53.1 Å². The largest absolute Gasteiger partial charge is 0.495 e. The fraction of sp³-hybridized carbons (Fsp3) is 0.250. The Hall–Kier alpha value is -1.72. The number of hydrogen-bond donors (Lipinski definition) is 0. The molecule has 0 aliphatic carbocycles. The minimum atomic E-state index is -3.74. The lowest BCUT2D eigenvalue weighted by Gasteiger charge is -2.25. The first-order chi connectivity index (χ1) is 10.4. The van der Waals surface area contributed by atoms with Gasteiger partial charge in [0.05, 0.1) is 12.8 Å². The van der Waals surface area contributed by atoms with Crippen molar-refractivity contribution in [1.82, 2.24) is 0 Å². The van der Waals surface area contributed by atoms with E-state index in [1.807, 2.05) is 31.2 Å². The summed E-state index contributed by atoms with van der Waals surface area (Å²) < 4.78 is 32.9. The molecule has 0 amide bonds. The lowest BCUT2D eigenvalue weighted by molar-refractivity contribution is 0.402. The summed E-state index contributed by atoms with van der Waals surface area (Å²) in [6, 6.07) is 12.0. The Morgan fingerprint density at radius 3 is 2.68 bits per heavy atom. The molecule has 0 N–H and O–H groups in total. The highest BCUT2D eigenvalue weighted by Crippen LogP contribution is 2.39. The maximum atomic E-state index is 13.1. The van der Waals surface area contributed by atoms with Crippen LogP contribution in [0.4, 0.5) is 5.69 Å². The van der Waals surface area contributed by atoms with E-state index in [0.29, 0.717) is 17.2 Å². The molecule has 0 aromatic heterocycles. The first kappa shape index (κ1) is 15.2. The minimum Gasteiger partial charge on any atom is -0.495 e. The molecule has 1 atom stereocenters. The lowest BCUT2D eigenvalue weighted by Crippen LogP contribution is -2.35. The second kappa shape index (κ2) is 5.48. The summed E-state index contributed by atoms with van der Waals surface area (Å²) in [5.74, 6) is 0.293. The van der Waals surface area contributed by atoms with Gasteiger partial charge >= 0.3 is 0 Å². The smallest absolute Gasteiger partial charge is 0.268 e. The van der Waals surface area contributed by atoms with Gasteiger partial charge in [-0.15, -0.1) is 0 Å². The Balaban J connectivity index is 2.17. The lowest BCUT2D eigenvalue weighted by atomic mass is 10.1. The first-order valence-electron chi connectivity index (χ1n) is 6.91. The number of ether oxygens (including phenoxy) is 1. The minimum absolute atomic E-state index is 0.0889. The topological polar surface area (TPSA) is 46.6 Å². The van der Waals surface area contributed by atoms with Crippen molar-refractivity contribution in [2.45, 2.75) is 24.3 Å². The maximum Gasteiger partial charge on any atom is 0.268 e. The molecule has 6 heteroatoms. The molecule has 1 aliphatic heterocycles. The molecule has 0 saturated heterocycles. The van der Waals surface area contributed by atoms with E-state index in [2.05, 4.69) is 0 Å². The van der Waals surface area contributed by atoms with Gasteiger partial charge in [0.1, 0.15) is 10.6 Å². The number of para-hydroxylation sites is 1. The fourth-order valence-electron chi connectivity index (χ4n) is 2.86. The fourth-order valence-corrected chi connectivity index (χ4v) is 4.98. The summed E-state index contributed by atoms with van der Waals surface area (Å²) in [5, 5.41) is 0.361. The molecule has 3 rings (SSSR count). The molecular weight excluding hydrogens is 322 g/mol. The Morgan fingerprint density at radius 1 is 1.23 bits per heavy atom. The number of halogens is 1. The summed E-state index contributed by atoms with van der Waals surface area (Å²) in [7, 11) is -2.29. The van der Waals surface area contributed by atoms with Crippen LogP contribution in [0.3, 0.4) is 0 Å². The van der Waals surface area contributed by atoms with E-state index >= 15 is 0 Å². The predicted octanol–water partition coefficient (Wildman–Crippen LogP) is 3.49. The third-order valence-corrected chi connectivity index (χ3v) is 5.99. The number of rotatable bonds is 3. The molecule has 0 saturated carbocycles. The van der Waals surface area contributed by atoms with E-state index < -0.39 is 10.0 Å². The van der Waals surface area contributed by atoms with Crippen molar-refractivity contribution in [1.29, 1.82) is 0 Å². The molecule has 1 heterocycles. The third kappa shape index (κ3) is 2.34. The second-order valence-corrected chi connectivity index (χ2v) is 7.50. The number of hydrogen-bond acceptors (Lipinski definition) is 3. The summed E-state index contributed by atoms with van der Waals surface area (Å²) >= 11 is 5.98. The molecule has 0 unspecified atom stereocenters. The number of sulfonamides is 1. The van der Waals surface area contributed by atoms with Crippen molar-refractivity contribution in [2.24, 2.45) is 0 Å². The third-order valence-electron chi connectivity index (χ3n) is 3.81. The summed E-state index contributed by atoms with van der Waals surface area (Å²) in [5.41, 5.74) is 1.75. The number of nitrogens with zero attached hydrogens (tertiary/aromatic N) is 1. The predicted molar refractivity (Wildman–Crippen MR) is 87.3 cm³/mol. The molecule has 0 fully saturated rings. The Labute approximate surface area is 135 Å². The molecule has 0 spiro atoms. The van der Waals surface area contributed by atoms with Crippen LogP contribution in [-0.2, 0) is 16.4 Å². The Bertz CT molecular complexity index is 820. The Morgan fingerprint density at radius 2 is 1.95 bits per heavy atom. The van der Waals surface area contributed by atoms with Gasteiger partial charge in [-0.25, -0.2) is 8.42 Å².